The van der Waals surface area contributed by atoms with Crippen LogP contribution in [0.25, 0.3) is 0 Å². The molecule has 0 aromatic rings. The van der Waals surface area contributed by atoms with Crippen LogP contribution in [0, 0.1) is 17.3 Å². The second-order valence-corrected chi connectivity index (χ2v) is 7.14. The van der Waals surface area contributed by atoms with Gasteiger partial charge in [0.1, 0.15) is 0 Å². The topological polar surface area (TPSA) is 49.5 Å². The molecule has 0 spiro atoms. The van der Waals surface area contributed by atoms with Crippen molar-refractivity contribution in [3.8, 4) is 0 Å². The summed E-state index contributed by atoms with van der Waals surface area (Å²) in [5.74, 6) is 1.43. The van der Waals surface area contributed by atoms with Crippen molar-refractivity contribution in [3.05, 3.63) is 0 Å². The van der Waals surface area contributed by atoms with Crippen LogP contribution in [-0.2, 0) is 0 Å². The molecule has 3 atom stereocenters. The van der Waals surface area contributed by atoms with E-state index in [0.717, 1.165) is 32.0 Å². The lowest BCUT2D eigenvalue weighted by molar-refractivity contribution is 0.0446. The van der Waals surface area contributed by atoms with Gasteiger partial charge in [-0.15, -0.1) is 0 Å². The molecule has 0 aromatic carbocycles. The molecule has 3 N–H and O–H groups in total. The minimum Gasteiger partial charge on any atom is -0.396 e. The van der Waals surface area contributed by atoms with Gasteiger partial charge in [-0.3, -0.25) is 0 Å². The van der Waals surface area contributed by atoms with Crippen LogP contribution in [-0.4, -0.2) is 42.3 Å². The molecule has 1 aliphatic rings. The summed E-state index contributed by atoms with van der Waals surface area (Å²) < 4.78 is 0. The smallest absolute Gasteiger partial charge is 0.0443 e. The Kier molecular flexibility index (Phi) is 6.78. The van der Waals surface area contributed by atoms with Crippen LogP contribution >= 0.6 is 0 Å². The largest absolute Gasteiger partial charge is 0.396 e. The summed E-state index contributed by atoms with van der Waals surface area (Å²) in [4.78, 5) is 2.55. The van der Waals surface area contributed by atoms with Gasteiger partial charge in [-0.05, 0) is 56.0 Å². The number of hydrogen-bond donors (Lipinski definition) is 2. The van der Waals surface area contributed by atoms with Crippen molar-refractivity contribution in [2.45, 2.75) is 59.4 Å². The average Bonchev–Trinajstić information content (AvgIpc) is 2.38. The van der Waals surface area contributed by atoms with Crippen LogP contribution in [0.2, 0.25) is 0 Å². The third-order valence-corrected chi connectivity index (χ3v) is 4.96. The average molecular weight is 270 g/mol. The van der Waals surface area contributed by atoms with E-state index in [4.69, 9.17) is 10.8 Å². The third kappa shape index (κ3) is 4.73. The Bertz CT molecular complexity index is 250. The molecule has 114 valence electrons. The molecule has 0 heterocycles. The molecule has 0 aliphatic heterocycles. The molecule has 1 rings (SSSR count). The van der Waals surface area contributed by atoms with E-state index in [1.165, 1.54) is 19.3 Å². The van der Waals surface area contributed by atoms with Crippen LogP contribution in [0.4, 0.5) is 0 Å². The lowest BCUT2D eigenvalue weighted by Crippen LogP contribution is -2.49. The Morgan fingerprint density at radius 3 is 2.42 bits per heavy atom. The SMILES string of the molecule is CCN(CCCO)C1CC(C(C)(C)C)CCC1CN. The first kappa shape index (κ1) is 16.9. The molecule has 19 heavy (non-hydrogen) atoms. The van der Waals surface area contributed by atoms with Gasteiger partial charge in [-0.1, -0.05) is 27.7 Å². The zero-order valence-corrected chi connectivity index (χ0v) is 13.4. The third-order valence-electron chi connectivity index (χ3n) is 4.96. The van der Waals surface area contributed by atoms with E-state index in [9.17, 15) is 0 Å². The van der Waals surface area contributed by atoms with E-state index in [1.807, 2.05) is 0 Å². The number of hydrogen-bond acceptors (Lipinski definition) is 3. The van der Waals surface area contributed by atoms with Gasteiger partial charge in [0.2, 0.25) is 0 Å². The summed E-state index contributed by atoms with van der Waals surface area (Å²) in [5.41, 5.74) is 6.39. The van der Waals surface area contributed by atoms with Gasteiger partial charge in [0, 0.05) is 19.2 Å². The second-order valence-electron chi connectivity index (χ2n) is 7.14. The number of aliphatic hydroxyl groups excluding tert-OH is 1. The number of aliphatic hydroxyl groups is 1. The van der Waals surface area contributed by atoms with Gasteiger partial charge in [0.05, 0.1) is 0 Å². The molecule has 0 aromatic heterocycles. The van der Waals surface area contributed by atoms with Crippen LogP contribution in [0.1, 0.15) is 53.4 Å². The summed E-state index contributed by atoms with van der Waals surface area (Å²) in [6.07, 6.45) is 4.73. The maximum absolute atomic E-state index is 9.06. The Hall–Kier alpha value is -0.120. The number of nitrogens with zero attached hydrogens (tertiary/aromatic N) is 1. The molecule has 0 bridgehead atoms. The highest BCUT2D eigenvalue weighted by Crippen LogP contribution is 2.41. The fraction of sp³-hybridized carbons (Fsp3) is 1.00. The van der Waals surface area contributed by atoms with Crippen LogP contribution in [0.3, 0.4) is 0 Å². The lowest BCUT2D eigenvalue weighted by Gasteiger charge is -2.46. The summed E-state index contributed by atoms with van der Waals surface area (Å²) in [6.45, 7) is 12.5. The Balaban J connectivity index is 2.72. The van der Waals surface area contributed by atoms with Gasteiger partial charge in [-0.2, -0.15) is 0 Å². The fourth-order valence-electron chi connectivity index (χ4n) is 3.55. The highest BCUT2D eigenvalue weighted by molar-refractivity contribution is 4.90. The van der Waals surface area contributed by atoms with E-state index in [-0.39, 0.29) is 0 Å². The Morgan fingerprint density at radius 2 is 1.95 bits per heavy atom. The summed E-state index contributed by atoms with van der Waals surface area (Å²) in [6, 6.07) is 0.611. The monoisotopic (exact) mass is 270 g/mol. The van der Waals surface area contributed by atoms with Crippen molar-refractivity contribution in [3.63, 3.8) is 0 Å². The molecular formula is C16H34N2O. The highest BCUT2D eigenvalue weighted by atomic mass is 16.3. The highest BCUT2D eigenvalue weighted by Gasteiger charge is 2.37. The van der Waals surface area contributed by atoms with Crippen LogP contribution in [0.5, 0.6) is 0 Å². The first-order valence-corrected chi connectivity index (χ1v) is 7.99. The van der Waals surface area contributed by atoms with Crippen molar-refractivity contribution in [2.75, 3.05) is 26.2 Å². The van der Waals surface area contributed by atoms with E-state index in [0.29, 0.717) is 24.0 Å². The van der Waals surface area contributed by atoms with Gasteiger partial charge in [-0.25, -0.2) is 0 Å². The zero-order valence-electron chi connectivity index (χ0n) is 13.4. The molecule has 1 saturated carbocycles. The van der Waals surface area contributed by atoms with Gasteiger partial charge < -0.3 is 15.7 Å². The molecule has 3 nitrogen and oxygen atoms in total. The summed E-state index contributed by atoms with van der Waals surface area (Å²) >= 11 is 0. The second kappa shape index (κ2) is 7.61. The quantitative estimate of drug-likeness (QED) is 0.779. The fourth-order valence-corrected chi connectivity index (χ4v) is 3.55. The summed E-state index contributed by atoms with van der Waals surface area (Å²) in [7, 11) is 0. The maximum Gasteiger partial charge on any atom is 0.0443 e. The summed E-state index contributed by atoms with van der Waals surface area (Å²) in [5, 5.41) is 9.06. The van der Waals surface area contributed by atoms with Crippen LogP contribution in [0.15, 0.2) is 0 Å². The molecule has 0 amide bonds. The van der Waals surface area contributed by atoms with Crippen molar-refractivity contribution in [1.29, 1.82) is 0 Å². The van der Waals surface area contributed by atoms with Gasteiger partial charge >= 0.3 is 0 Å². The first-order valence-electron chi connectivity index (χ1n) is 7.99. The maximum atomic E-state index is 9.06. The first-order chi connectivity index (χ1) is 8.93. The lowest BCUT2D eigenvalue weighted by atomic mass is 9.67. The molecule has 0 radical (unpaired) electrons. The number of nitrogens with two attached hydrogens (primary N) is 1. The van der Waals surface area contributed by atoms with E-state index in [1.54, 1.807) is 0 Å². The number of rotatable bonds is 6. The molecular weight excluding hydrogens is 236 g/mol. The van der Waals surface area contributed by atoms with Gasteiger partial charge in [0.15, 0.2) is 0 Å². The Morgan fingerprint density at radius 1 is 1.26 bits per heavy atom. The normalized spacial score (nSPS) is 28.9. The van der Waals surface area contributed by atoms with Crippen molar-refractivity contribution in [1.82, 2.24) is 4.90 Å². The van der Waals surface area contributed by atoms with E-state index >= 15 is 0 Å². The van der Waals surface area contributed by atoms with Gasteiger partial charge in [0.25, 0.3) is 0 Å². The van der Waals surface area contributed by atoms with E-state index in [2.05, 4.69) is 32.6 Å². The van der Waals surface area contributed by atoms with Crippen molar-refractivity contribution < 1.29 is 5.11 Å². The Labute approximate surface area is 119 Å². The zero-order chi connectivity index (χ0) is 14.5. The minimum atomic E-state index is 0.291. The van der Waals surface area contributed by atoms with Crippen molar-refractivity contribution in [2.24, 2.45) is 23.0 Å². The molecule has 0 saturated heterocycles. The predicted octanol–water partition coefficient (Wildman–Crippen LogP) is 2.48. The molecule has 1 aliphatic carbocycles. The molecule has 3 unspecified atom stereocenters. The van der Waals surface area contributed by atoms with E-state index < -0.39 is 0 Å². The van der Waals surface area contributed by atoms with Crippen molar-refractivity contribution >= 4 is 0 Å². The standard InChI is InChI=1S/C16H34N2O/c1-5-18(9-6-10-19)15-11-14(16(2,3)4)8-7-13(15)12-17/h13-15,19H,5-12,17H2,1-4H3. The minimum absolute atomic E-state index is 0.291. The van der Waals surface area contributed by atoms with Crippen LogP contribution < -0.4 is 5.73 Å². The molecule has 3 heteroatoms. The molecule has 1 fully saturated rings. The predicted molar refractivity (Wildman–Crippen MR) is 82.1 cm³/mol.